The van der Waals surface area contributed by atoms with E-state index in [0.29, 0.717) is 0 Å². The summed E-state index contributed by atoms with van der Waals surface area (Å²) in [5.74, 6) is 2.03. The summed E-state index contributed by atoms with van der Waals surface area (Å²) in [5.41, 5.74) is 1.12. The molecule has 0 bridgehead atoms. The Labute approximate surface area is 131 Å². The molecule has 110 valence electrons. The zero-order valence-electron chi connectivity index (χ0n) is 12.2. The predicted molar refractivity (Wildman–Crippen MR) is 77.1 cm³/mol. The highest BCUT2D eigenvalue weighted by molar-refractivity contribution is 5.61. The van der Waals surface area contributed by atoms with Gasteiger partial charge in [0.2, 0.25) is 0 Å². The van der Waals surface area contributed by atoms with Gasteiger partial charge in [-0.05, 0) is 25.0 Å². The van der Waals surface area contributed by atoms with E-state index in [2.05, 4.69) is 28.7 Å². The van der Waals surface area contributed by atoms with Crippen LogP contribution in [0.3, 0.4) is 0 Å². The molecule has 1 aromatic carbocycles. The first-order valence-electron chi connectivity index (χ1n) is 7.07. The van der Waals surface area contributed by atoms with Crippen LogP contribution in [0.1, 0.15) is 32.6 Å². The summed E-state index contributed by atoms with van der Waals surface area (Å²) in [6.45, 7) is 3.29. The molecule has 0 amide bonds. The first-order valence-corrected chi connectivity index (χ1v) is 7.07. The second-order valence-electron chi connectivity index (χ2n) is 4.76. The molecular weight excluding hydrogens is 316 g/mol. The van der Waals surface area contributed by atoms with Crippen molar-refractivity contribution in [2.75, 3.05) is 7.11 Å². The van der Waals surface area contributed by atoms with Gasteiger partial charge in [0.25, 0.3) is 5.82 Å². The Morgan fingerprint density at radius 2 is 1.95 bits per heavy atom. The van der Waals surface area contributed by atoms with Gasteiger partial charge < -0.3 is 21.7 Å². The third kappa shape index (κ3) is 4.10. The molecule has 20 heavy (non-hydrogen) atoms. The lowest BCUT2D eigenvalue weighted by Gasteiger charge is -2.06. The fraction of sp³-hybridized carbons (Fsp3) is 0.438. The lowest BCUT2D eigenvalue weighted by atomic mass is 10.1. The topological polar surface area (TPSA) is 28.9 Å². The van der Waals surface area contributed by atoms with Crippen molar-refractivity contribution in [1.29, 1.82) is 0 Å². The third-order valence-corrected chi connectivity index (χ3v) is 3.38. The third-order valence-electron chi connectivity index (χ3n) is 3.38. The van der Waals surface area contributed by atoms with E-state index < -0.39 is 0 Å². The van der Waals surface area contributed by atoms with Crippen molar-refractivity contribution < 1.29 is 26.3 Å². The molecule has 0 aliphatic heterocycles. The van der Waals surface area contributed by atoms with Gasteiger partial charge in [0, 0.05) is 0 Å². The highest BCUT2D eigenvalue weighted by Gasteiger charge is 2.16. The molecular formula is C16H23BrN2O. The Balaban J connectivity index is 0.00000200. The molecule has 0 spiro atoms. The van der Waals surface area contributed by atoms with Gasteiger partial charge in [-0.25, -0.2) is 9.55 Å². The molecule has 0 atom stereocenters. The van der Waals surface area contributed by atoms with Gasteiger partial charge in [-0.3, -0.25) is 0 Å². The van der Waals surface area contributed by atoms with Gasteiger partial charge in [0.15, 0.2) is 0 Å². The van der Waals surface area contributed by atoms with Crippen molar-refractivity contribution in [3.05, 3.63) is 36.7 Å². The molecule has 1 heterocycles. The second kappa shape index (κ2) is 8.80. The molecule has 2 rings (SSSR count). The quantitative estimate of drug-likeness (QED) is 0.580. The number of hydrogen-bond donors (Lipinski definition) is 1. The van der Waals surface area contributed by atoms with Crippen molar-refractivity contribution in [1.82, 2.24) is 4.98 Å². The van der Waals surface area contributed by atoms with E-state index >= 15 is 0 Å². The lowest BCUT2D eigenvalue weighted by molar-refractivity contribution is -0.685. The lowest BCUT2D eigenvalue weighted by Crippen LogP contribution is -3.00. The Kier molecular flexibility index (Phi) is 7.37. The number of hydrogen-bond acceptors (Lipinski definition) is 1. The number of aryl methyl sites for hydroxylation is 1. The summed E-state index contributed by atoms with van der Waals surface area (Å²) in [6, 6.07) is 8.13. The number of benzene rings is 1. The summed E-state index contributed by atoms with van der Waals surface area (Å²) in [5, 5.41) is 0. The minimum absolute atomic E-state index is 0. The second-order valence-corrected chi connectivity index (χ2v) is 4.76. The van der Waals surface area contributed by atoms with E-state index in [0.717, 1.165) is 23.7 Å². The Morgan fingerprint density at radius 3 is 2.70 bits per heavy atom. The van der Waals surface area contributed by atoms with Crippen LogP contribution in [0.5, 0.6) is 5.75 Å². The molecule has 3 nitrogen and oxygen atoms in total. The monoisotopic (exact) mass is 338 g/mol. The summed E-state index contributed by atoms with van der Waals surface area (Å²) in [7, 11) is 1.72. The molecule has 1 N–H and O–H groups in total. The number of unbranched alkanes of at least 4 members (excludes halogenated alkanes) is 3. The summed E-state index contributed by atoms with van der Waals surface area (Å²) in [4.78, 5) is 3.32. The maximum absolute atomic E-state index is 5.43. The van der Waals surface area contributed by atoms with Crippen LogP contribution in [0, 0.1) is 0 Å². The van der Waals surface area contributed by atoms with Gasteiger partial charge in [0.05, 0.1) is 13.7 Å². The largest absolute Gasteiger partial charge is 1.00 e. The van der Waals surface area contributed by atoms with E-state index in [4.69, 9.17) is 4.74 Å². The first kappa shape index (κ1) is 16.8. The van der Waals surface area contributed by atoms with Crippen molar-refractivity contribution in [2.24, 2.45) is 0 Å². The maximum Gasteiger partial charge on any atom is 0.290 e. The van der Waals surface area contributed by atoms with Crippen molar-refractivity contribution in [3.8, 4) is 17.1 Å². The molecule has 0 saturated carbocycles. The number of aromatic nitrogens is 2. The average molecular weight is 339 g/mol. The minimum Gasteiger partial charge on any atom is -1.00 e. The number of methoxy groups -OCH3 is 1. The number of H-pyrrole nitrogens is 1. The molecule has 2 aromatic rings. The number of halogens is 1. The molecule has 0 aliphatic carbocycles. The van der Waals surface area contributed by atoms with Gasteiger partial charge in [-0.2, -0.15) is 0 Å². The molecule has 0 unspecified atom stereocenters. The van der Waals surface area contributed by atoms with Crippen molar-refractivity contribution in [3.63, 3.8) is 0 Å². The summed E-state index contributed by atoms with van der Waals surface area (Å²) < 4.78 is 7.71. The van der Waals surface area contributed by atoms with Crippen LogP contribution in [0.15, 0.2) is 36.7 Å². The number of nitrogens with zero attached hydrogens (tertiary/aromatic N) is 1. The van der Waals surface area contributed by atoms with Crippen LogP contribution in [0.2, 0.25) is 0 Å². The Morgan fingerprint density at radius 1 is 1.15 bits per heavy atom. The SMILES string of the molecule is CCCCCC[n+]1cc[nH]c1-c1ccccc1OC.[Br-]. The van der Waals surface area contributed by atoms with E-state index in [1.54, 1.807) is 7.11 Å². The normalized spacial score (nSPS) is 10.1. The average Bonchev–Trinajstić information content (AvgIpc) is 2.92. The Bertz CT molecular complexity index is 511. The van der Waals surface area contributed by atoms with Crippen molar-refractivity contribution >= 4 is 0 Å². The first-order chi connectivity index (χ1) is 9.36. The molecule has 0 saturated heterocycles. The fourth-order valence-electron chi connectivity index (χ4n) is 2.33. The number of imidazole rings is 1. The van der Waals surface area contributed by atoms with E-state index in [1.165, 1.54) is 25.7 Å². The van der Waals surface area contributed by atoms with E-state index in [1.807, 2.05) is 24.4 Å². The number of para-hydroxylation sites is 1. The zero-order chi connectivity index (χ0) is 13.5. The highest BCUT2D eigenvalue weighted by atomic mass is 79.9. The summed E-state index contributed by atoms with van der Waals surface area (Å²) in [6.07, 6.45) is 9.19. The zero-order valence-corrected chi connectivity index (χ0v) is 13.8. The Hall–Kier alpha value is -1.29. The van der Waals surface area contributed by atoms with Gasteiger partial charge >= 0.3 is 0 Å². The van der Waals surface area contributed by atoms with Crippen LogP contribution in [0.4, 0.5) is 0 Å². The van der Waals surface area contributed by atoms with Gasteiger partial charge in [-0.15, -0.1) is 0 Å². The van der Waals surface area contributed by atoms with Crippen LogP contribution < -0.4 is 26.3 Å². The van der Waals surface area contributed by atoms with Crippen molar-refractivity contribution in [2.45, 2.75) is 39.2 Å². The van der Waals surface area contributed by atoms with Crippen LogP contribution in [-0.4, -0.2) is 12.1 Å². The number of ether oxygens (including phenoxy) is 1. The molecule has 1 aromatic heterocycles. The predicted octanol–water partition coefficient (Wildman–Crippen LogP) is 0.562. The molecule has 4 heteroatoms. The molecule has 0 radical (unpaired) electrons. The van der Waals surface area contributed by atoms with Crippen LogP contribution in [-0.2, 0) is 6.54 Å². The highest BCUT2D eigenvalue weighted by Crippen LogP contribution is 2.25. The van der Waals surface area contributed by atoms with Crippen LogP contribution in [0.25, 0.3) is 11.4 Å². The molecule has 0 aliphatic rings. The number of nitrogens with one attached hydrogen (secondary N) is 1. The van der Waals surface area contributed by atoms with E-state index in [-0.39, 0.29) is 17.0 Å². The van der Waals surface area contributed by atoms with Gasteiger partial charge in [-0.1, -0.05) is 31.9 Å². The smallest absolute Gasteiger partial charge is 0.290 e. The number of rotatable bonds is 7. The standard InChI is InChI=1S/C16H22N2O.BrH/c1-3-4-5-8-12-18-13-11-17-16(18)14-9-6-7-10-15(14)19-2;/h6-7,9-11,13H,3-5,8,12H2,1-2H3;1H. The maximum atomic E-state index is 5.43. The number of aromatic amines is 1. The van der Waals surface area contributed by atoms with Gasteiger partial charge in [0.1, 0.15) is 23.7 Å². The molecule has 0 fully saturated rings. The summed E-state index contributed by atoms with van der Waals surface area (Å²) >= 11 is 0. The van der Waals surface area contributed by atoms with E-state index in [9.17, 15) is 0 Å². The van der Waals surface area contributed by atoms with Crippen LogP contribution >= 0.6 is 0 Å². The minimum atomic E-state index is 0. The fourth-order valence-corrected chi connectivity index (χ4v) is 2.33.